The first-order valence-electron chi connectivity index (χ1n) is 5.03. The topological polar surface area (TPSA) is 70.7 Å². The van der Waals surface area contributed by atoms with Gasteiger partial charge in [0.2, 0.25) is 0 Å². The van der Waals surface area contributed by atoms with Crippen LogP contribution >= 0.6 is 0 Å². The molecule has 1 unspecified atom stereocenters. The molecule has 90 valence electrons. The third kappa shape index (κ3) is 4.04. The third-order valence-corrected chi connectivity index (χ3v) is 3.84. The molecule has 0 spiro atoms. The van der Waals surface area contributed by atoms with E-state index >= 15 is 0 Å². The van der Waals surface area contributed by atoms with Gasteiger partial charge in [-0.1, -0.05) is 0 Å². The first-order chi connectivity index (χ1) is 7.06. The fourth-order valence-electron chi connectivity index (χ4n) is 1.48. The van der Waals surface area contributed by atoms with Crippen molar-refractivity contribution in [2.75, 3.05) is 39.9 Å². The van der Waals surface area contributed by atoms with Gasteiger partial charge in [-0.2, -0.15) is 17.4 Å². The highest BCUT2D eigenvalue weighted by atomic mass is 32.2. The quantitative estimate of drug-likeness (QED) is 0.587. The maximum atomic E-state index is 11.7. The minimum absolute atomic E-state index is 0.206. The average Bonchev–Trinajstić information content (AvgIpc) is 2.18. The van der Waals surface area contributed by atoms with Gasteiger partial charge in [-0.25, -0.2) is 0 Å². The molecule has 1 rings (SSSR count). The number of ether oxygens (including phenoxy) is 1. The van der Waals surface area contributed by atoms with E-state index in [4.69, 9.17) is 4.74 Å². The zero-order valence-electron chi connectivity index (χ0n) is 9.19. The zero-order chi connectivity index (χ0) is 11.3. The van der Waals surface area contributed by atoms with E-state index in [1.165, 1.54) is 4.31 Å². The van der Waals surface area contributed by atoms with Crippen molar-refractivity contribution in [2.45, 2.75) is 13.0 Å². The highest BCUT2D eigenvalue weighted by Gasteiger charge is 2.25. The molecule has 0 amide bonds. The Morgan fingerprint density at radius 2 is 2.33 bits per heavy atom. The lowest BCUT2D eigenvalue weighted by Crippen LogP contribution is -2.54. The van der Waals surface area contributed by atoms with E-state index in [2.05, 4.69) is 10.0 Å². The van der Waals surface area contributed by atoms with Gasteiger partial charge in [0.15, 0.2) is 0 Å². The Labute approximate surface area is 91.2 Å². The number of methoxy groups -OCH3 is 1. The van der Waals surface area contributed by atoms with Crippen LogP contribution in [-0.2, 0) is 14.9 Å². The molecule has 0 saturated carbocycles. The normalized spacial score (nSPS) is 24.3. The van der Waals surface area contributed by atoms with Crippen molar-refractivity contribution in [3.63, 3.8) is 0 Å². The molecule has 0 aliphatic carbocycles. The molecule has 1 aliphatic rings. The van der Waals surface area contributed by atoms with Crippen LogP contribution in [0.25, 0.3) is 0 Å². The Balaban J connectivity index is 2.45. The summed E-state index contributed by atoms with van der Waals surface area (Å²) in [6.07, 6.45) is 0. The predicted octanol–water partition coefficient (Wildman–Crippen LogP) is -1.24. The molecule has 0 aromatic rings. The first-order valence-corrected chi connectivity index (χ1v) is 6.47. The number of hydrogen-bond donors (Lipinski definition) is 2. The monoisotopic (exact) mass is 237 g/mol. The number of piperazine rings is 1. The summed E-state index contributed by atoms with van der Waals surface area (Å²) in [6.45, 7) is 4.41. The van der Waals surface area contributed by atoms with Crippen LogP contribution in [0.5, 0.6) is 0 Å². The van der Waals surface area contributed by atoms with Crippen LogP contribution in [0.2, 0.25) is 0 Å². The average molecular weight is 237 g/mol. The fourth-order valence-corrected chi connectivity index (χ4v) is 2.75. The van der Waals surface area contributed by atoms with Crippen molar-refractivity contribution in [2.24, 2.45) is 0 Å². The molecule has 1 aliphatic heterocycles. The maximum Gasteiger partial charge on any atom is 0.279 e. The van der Waals surface area contributed by atoms with E-state index in [-0.39, 0.29) is 6.04 Å². The molecule has 15 heavy (non-hydrogen) atoms. The molecule has 0 aromatic carbocycles. The van der Waals surface area contributed by atoms with Gasteiger partial charge in [0.05, 0.1) is 6.61 Å². The van der Waals surface area contributed by atoms with Crippen LogP contribution in [0, 0.1) is 0 Å². The van der Waals surface area contributed by atoms with E-state index in [0.29, 0.717) is 32.8 Å². The summed E-state index contributed by atoms with van der Waals surface area (Å²) in [4.78, 5) is 0. The molecule has 1 fully saturated rings. The van der Waals surface area contributed by atoms with Crippen molar-refractivity contribution in [1.82, 2.24) is 14.3 Å². The summed E-state index contributed by atoms with van der Waals surface area (Å²) >= 11 is 0. The van der Waals surface area contributed by atoms with Crippen LogP contribution in [0.3, 0.4) is 0 Å². The van der Waals surface area contributed by atoms with Crippen molar-refractivity contribution < 1.29 is 13.2 Å². The standard InChI is InChI=1S/C8H19N3O3S/c1-8-7-11(5-3-9-8)15(12,13)10-4-6-14-2/h8-10H,3-7H2,1-2H3. The second kappa shape index (κ2) is 5.76. The predicted molar refractivity (Wildman–Crippen MR) is 57.8 cm³/mol. The third-order valence-electron chi connectivity index (χ3n) is 2.26. The number of nitrogens with one attached hydrogen (secondary N) is 2. The van der Waals surface area contributed by atoms with Gasteiger partial charge < -0.3 is 10.1 Å². The van der Waals surface area contributed by atoms with Crippen LogP contribution in [0.1, 0.15) is 6.92 Å². The van der Waals surface area contributed by atoms with Crippen molar-refractivity contribution >= 4 is 10.2 Å². The molecular formula is C8H19N3O3S. The molecule has 1 saturated heterocycles. The minimum atomic E-state index is -3.33. The molecule has 1 atom stereocenters. The van der Waals surface area contributed by atoms with Gasteiger partial charge in [0.1, 0.15) is 0 Å². The lowest BCUT2D eigenvalue weighted by atomic mass is 10.3. The van der Waals surface area contributed by atoms with E-state index in [9.17, 15) is 8.42 Å². The maximum absolute atomic E-state index is 11.7. The lowest BCUT2D eigenvalue weighted by Gasteiger charge is -2.30. The van der Waals surface area contributed by atoms with Crippen LogP contribution in [-0.4, -0.2) is 58.7 Å². The SMILES string of the molecule is COCCNS(=O)(=O)N1CCNC(C)C1. The molecule has 2 N–H and O–H groups in total. The second-order valence-electron chi connectivity index (χ2n) is 3.61. The zero-order valence-corrected chi connectivity index (χ0v) is 10.0. The Hall–Kier alpha value is -0.210. The molecule has 7 heteroatoms. The van der Waals surface area contributed by atoms with Gasteiger partial charge in [-0.15, -0.1) is 0 Å². The summed E-state index contributed by atoms with van der Waals surface area (Å²) in [5.74, 6) is 0. The summed E-state index contributed by atoms with van der Waals surface area (Å²) in [6, 6.07) is 0.206. The van der Waals surface area contributed by atoms with Gasteiger partial charge in [-0.3, -0.25) is 0 Å². The Morgan fingerprint density at radius 1 is 1.60 bits per heavy atom. The second-order valence-corrected chi connectivity index (χ2v) is 5.36. The Morgan fingerprint density at radius 3 is 2.93 bits per heavy atom. The van der Waals surface area contributed by atoms with Crippen LogP contribution < -0.4 is 10.0 Å². The molecule has 0 radical (unpaired) electrons. The number of nitrogens with zero attached hydrogens (tertiary/aromatic N) is 1. The van der Waals surface area contributed by atoms with Crippen LogP contribution in [0.4, 0.5) is 0 Å². The van der Waals surface area contributed by atoms with Gasteiger partial charge in [0, 0.05) is 39.3 Å². The van der Waals surface area contributed by atoms with Crippen molar-refractivity contribution in [3.05, 3.63) is 0 Å². The van der Waals surface area contributed by atoms with Crippen molar-refractivity contribution in [1.29, 1.82) is 0 Å². The molecule has 0 aromatic heterocycles. The smallest absolute Gasteiger partial charge is 0.279 e. The lowest BCUT2D eigenvalue weighted by molar-refractivity contribution is 0.203. The largest absolute Gasteiger partial charge is 0.383 e. The van der Waals surface area contributed by atoms with Gasteiger partial charge >= 0.3 is 0 Å². The summed E-state index contributed by atoms with van der Waals surface area (Å²) in [5, 5.41) is 3.19. The molecular weight excluding hydrogens is 218 g/mol. The molecule has 1 heterocycles. The van der Waals surface area contributed by atoms with E-state index < -0.39 is 10.2 Å². The van der Waals surface area contributed by atoms with Crippen molar-refractivity contribution in [3.8, 4) is 0 Å². The minimum Gasteiger partial charge on any atom is -0.383 e. The van der Waals surface area contributed by atoms with E-state index in [1.807, 2.05) is 6.92 Å². The van der Waals surface area contributed by atoms with E-state index in [1.54, 1.807) is 7.11 Å². The number of hydrogen-bond acceptors (Lipinski definition) is 4. The summed E-state index contributed by atoms with van der Waals surface area (Å²) in [5.41, 5.74) is 0. The van der Waals surface area contributed by atoms with E-state index in [0.717, 1.165) is 0 Å². The van der Waals surface area contributed by atoms with Gasteiger partial charge in [0.25, 0.3) is 10.2 Å². The Bertz CT molecular complexity index is 281. The van der Waals surface area contributed by atoms with Gasteiger partial charge in [-0.05, 0) is 6.92 Å². The number of rotatable bonds is 5. The first kappa shape index (κ1) is 12.9. The summed E-state index contributed by atoms with van der Waals surface area (Å²) in [7, 11) is -1.78. The molecule has 6 nitrogen and oxygen atoms in total. The molecule has 0 bridgehead atoms. The fraction of sp³-hybridized carbons (Fsp3) is 1.00. The highest BCUT2D eigenvalue weighted by Crippen LogP contribution is 2.03. The van der Waals surface area contributed by atoms with Crippen LogP contribution in [0.15, 0.2) is 0 Å². The highest BCUT2D eigenvalue weighted by molar-refractivity contribution is 7.87. The Kier molecular flexibility index (Phi) is 4.94. The summed E-state index contributed by atoms with van der Waals surface area (Å²) < 4.78 is 32.2.